The maximum absolute atomic E-state index is 9.48. The summed E-state index contributed by atoms with van der Waals surface area (Å²) in [5.41, 5.74) is 9.11. The molecule has 4 N–H and O–H groups in total. The second-order valence-electron chi connectivity index (χ2n) is 7.90. The number of anilines is 1. The van der Waals surface area contributed by atoms with E-state index in [4.69, 9.17) is 5.73 Å². The molecule has 2 atom stereocenters. The van der Waals surface area contributed by atoms with Crippen LogP contribution in [0.2, 0.25) is 0 Å². The summed E-state index contributed by atoms with van der Waals surface area (Å²) in [6.07, 6.45) is 9.60. The summed E-state index contributed by atoms with van der Waals surface area (Å²) in [6.45, 7) is 0. The number of H-pyrrole nitrogens is 1. The number of nitrogens with zero attached hydrogens (tertiary/aromatic N) is 2. The normalized spacial score (nSPS) is 33.5. The van der Waals surface area contributed by atoms with Crippen LogP contribution in [0.1, 0.15) is 37.7 Å². The van der Waals surface area contributed by atoms with E-state index in [9.17, 15) is 5.26 Å². The van der Waals surface area contributed by atoms with Crippen molar-refractivity contribution in [2.75, 3.05) is 5.32 Å². The van der Waals surface area contributed by atoms with Gasteiger partial charge in [-0.1, -0.05) is 0 Å². The molecule has 26 heavy (non-hydrogen) atoms. The lowest BCUT2D eigenvalue weighted by Crippen LogP contribution is -2.62. The molecule has 4 fully saturated rings. The van der Waals surface area contributed by atoms with Crippen molar-refractivity contribution in [3.63, 3.8) is 0 Å². The van der Waals surface area contributed by atoms with Gasteiger partial charge in [-0.25, -0.2) is 4.98 Å². The third kappa shape index (κ3) is 3.14. The van der Waals surface area contributed by atoms with E-state index in [1.807, 2.05) is 12.3 Å². The van der Waals surface area contributed by atoms with Crippen LogP contribution in [-0.2, 0) is 0 Å². The van der Waals surface area contributed by atoms with Crippen LogP contribution in [0.4, 0.5) is 5.69 Å². The quantitative estimate of drug-likeness (QED) is 0.689. The van der Waals surface area contributed by atoms with Crippen molar-refractivity contribution in [3.05, 3.63) is 24.0 Å². The van der Waals surface area contributed by atoms with Gasteiger partial charge in [0.1, 0.15) is 11.7 Å². The van der Waals surface area contributed by atoms with Gasteiger partial charge >= 0.3 is 0 Å². The Labute approximate surface area is 171 Å². The van der Waals surface area contributed by atoms with Gasteiger partial charge in [-0.05, 0) is 55.9 Å². The molecule has 0 aromatic carbocycles. The van der Waals surface area contributed by atoms with Gasteiger partial charge in [-0.2, -0.15) is 5.26 Å². The Hall–Kier alpha value is -1.19. The molecule has 2 heterocycles. The third-order valence-electron chi connectivity index (χ3n) is 6.34. The summed E-state index contributed by atoms with van der Waals surface area (Å²) < 4.78 is 0. The maximum Gasteiger partial charge on any atom is 0.139 e. The molecule has 8 heteroatoms. The number of nitrogens with two attached hydrogens (primary N) is 1. The van der Waals surface area contributed by atoms with E-state index in [-0.39, 0.29) is 42.8 Å². The molecule has 2 aromatic rings. The van der Waals surface area contributed by atoms with Gasteiger partial charge in [0.25, 0.3) is 0 Å². The first kappa shape index (κ1) is 21.1. The fraction of sp³-hybridized carbons (Fsp3) is 0.556. The van der Waals surface area contributed by atoms with Crippen molar-refractivity contribution < 1.29 is 0 Å². The van der Waals surface area contributed by atoms with Crippen molar-refractivity contribution in [2.45, 2.75) is 43.7 Å². The summed E-state index contributed by atoms with van der Waals surface area (Å²) in [5.74, 6) is 2.09. The summed E-state index contributed by atoms with van der Waals surface area (Å²) in [7, 11) is 0. The molecular formula is C18H24Cl3N5. The van der Waals surface area contributed by atoms with E-state index >= 15 is 0 Å². The molecule has 4 aliphatic carbocycles. The zero-order valence-electron chi connectivity index (χ0n) is 14.3. The topological polar surface area (TPSA) is 90.5 Å². The first-order valence-corrected chi connectivity index (χ1v) is 8.57. The Morgan fingerprint density at radius 2 is 1.88 bits per heavy atom. The van der Waals surface area contributed by atoms with Crippen LogP contribution in [0.5, 0.6) is 0 Å². The molecule has 0 radical (unpaired) electrons. The monoisotopic (exact) mass is 415 g/mol. The lowest BCUT2D eigenvalue weighted by Gasteiger charge is -2.59. The van der Waals surface area contributed by atoms with Crippen LogP contribution in [0, 0.1) is 29.1 Å². The number of nitriles is 1. The van der Waals surface area contributed by atoms with Crippen LogP contribution >= 0.6 is 37.2 Å². The summed E-state index contributed by atoms with van der Waals surface area (Å²) in [6, 6.07) is 4.74. The number of aromatic amines is 1. The molecule has 0 amide bonds. The average molecular weight is 417 g/mol. The summed E-state index contributed by atoms with van der Waals surface area (Å²) in [5, 5.41) is 14.2. The average Bonchev–Trinajstić information content (AvgIpc) is 2.98. The fourth-order valence-electron chi connectivity index (χ4n) is 5.74. The second-order valence-corrected chi connectivity index (χ2v) is 7.90. The highest BCUT2D eigenvalue weighted by atomic mass is 35.5. The highest BCUT2D eigenvalue weighted by molar-refractivity contribution is 5.92. The molecular weight excluding hydrogens is 393 g/mol. The Bertz CT molecular complexity index is 814. The number of fused-ring (bicyclic) bond motifs is 1. The van der Waals surface area contributed by atoms with Crippen LogP contribution in [-0.4, -0.2) is 21.5 Å². The molecule has 0 saturated heterocycles. The number of hydrogen-bond acceptors (Lipinski definition) is 4. The summed E-state index contributed by atoms with van der Waals surface area (Å²) >= 11 is 0. The number of nitrogens with one attached hydrogen (secondary N) is 2. The Kier molecular flexibility index (Phi) is 6.04. The largest absolute Gasteiger partial charge is 0.380 e. The molecule has 5 nitrogen and oxygen atoms in total. The molecule has 0 spiro atoms. The highest BCUT2D eigenvalue weighted by Crippen LogP contribution is 2.55. The van der Waals surface area contributed by atoms with Crippen LogP contribution in [0.15, 0.2) is 18.5 Å². The Morgan fingerprint density at radius 3 is 2.50 bits per heavy atom. The lowest BCUT2D eigenvalue weighted by atomic mass is 9.51. The Balaban J connectivity index is 0.000000810. The number of hydrogen-bond donors (Lipinski definition) is 3. The SMILES string of the molecule is Cl.Cl.Cl.N#Cc1cnc2[nH]ccc2c1NC1C2CC3CC1CC(N)(C3)C2. The van der Waals surface area contributed by atoms with E-state index in [2.05, 4.69) is 21.4 Å². The molecule has 142 valence electrons. The third-order valence-corrected chi connectivity index (χ3v) is 6.34. The minimum Gasteiger partial charge on any atom is -0.380 e. The van der Waals surface area contributed by atoms with Crippen molar-refractivity contribution in [3.8, 4) is 6.07 Å². The van der Waals surface area contributed by atoms with Crippen molar-refractivity contribution in [1.82, 2.24) is 9.97 Å². The Morgan fingerprint density at radius 1 is 1.19 bits per heavy atom. The standard InChI is InChI=1S/C18H21N5.3ClH/c19-8-13-9-22-17-14(1-2-21-17)16(13)23-15-11-3-10-4-12(15)7-18(20,5-10)6-11;;;/h1-2,9-12,15H,3-7,20H2,(H2,21,22,23);3*1H. The van der Waals surface area contributed by atoms with Crippen molar-refractivity contribution in [1.29, 1.82) is 5.26 Å². The van der Waals surface area contributed by atoms with Crippen LogP contribution < -0.4 is 11.1 Å². The fourth-order valence-corrected chi connectivity index (χ4v) is 5.74. The molecule has 6 rings (SSSR count). The van der Waals surface area contributed by atoms with Crippen LogP contribution in [0.3, 0.4) is 0 Å². The van der Waals surface area contributed by atoms with Gasteiger partial charge in [0.2, 0.25) is 0 Å². The predicted molar refractivity (Wildman–Crippen MR) is 110 cm³/mol. The van der Waals surface area contributed by atoms with Gasteiger partial charge in [0.05, 0.1) is 11.3 Å². The number of pyridine rings is 1. The zero-order valence-corrected chi connectivity index (χ0v) is 16.7. The predicted octanol–water partition coefficient (Wildman–Crippen LogP) is 4.02. The molecule has 2 unspecified atom stereocenters. The van der Waals surface area contributed by atoms with E-state index < -0.39 is 0 Å². The smallest absolute Gasteiger partial charge is 0.139 e. The molecule has 0 aliphatic heterocycles. The van der Waals surface area contributed by atoms with Gasteiger partial charge in [0.15, 0.2) is 0 Å². The molecule has 4 aliphatic rings. The van der Waals surface area contributed by atoms with Gasteiger partial charge in [-0.15, -0.1) is 37.2 Å². The first-order chi connectivity index (χ1) is 11.1. The minimum absolute atomic E-state index is 0. The van der Waals surface area contributed by atoms with Gasteiger partial charge < -0.3 is 16.0 Å². The number of rotatable bonds is 2. The maximum atomic E-state index is 9.48. The second kappa shape index (κ2) is 7.44. The van der Waals surface area contributed by atoms with E-state index in [1.54, 1.807) is 6.20 Å². The number of aromatic nitrogens is 2. The molecule has 4 saturated carbocycles. The lowest BCUT2D eigenvalue weighted by molar-refractivity contribution is -0.0107. The zero-order chi connectivity index (χ0) is 15.6. The van der Waals surface area contributed by atoms with Gasteiger partial charge in [0, 0.05) is 29.4 Å². The minimum atomic E-state index is 0. The summed E-state index contributed by atoms with van der Waals surface area (Å²) in [4.78, 5) is 7.47. The van der Waals surface area contributed by atoms with Gasteiger partial charge in [-0.3, -0.25) is 0 Å². The van der Waals surface area contributed by atoms with Crippen LogP contribution in [0.25, 0.3) is 11.0 Å². The van der Waals surface area contributed by atoms with Crippen molar-refractivity contribution in [2.24, 2.45) is 23.5 Å². The van der Waals surface area contributed by atoms with Crippen molar-refractivity contribution >= 4 is 53.9 Å². The molecule has 2 aromatic heterocycles. The number of halogens is 3. The first-order valence-electron chi connectivity index (χ1n) is 8.57. The molecule has 4 bridgehead atoms. The highest BCUT2D eigenvalue weighted by Gasteiger charge is 2.53. The van der Waals surface area contributed by atoms with E-state index in [1.165, 1.54) is 19.3 Å². The van der Waals surface area contributed by atoms with E-state index in [0.29, 0.717) is 23.4 Å². The van der Waals surface area contributed by atoms with E-state index in [0.717, 1.165) is 35.5 Å².